The molecule has 0 unspecified atom stereocenters. The number of carboxylic acids is 1. The third kappa shape index (κ3) is 3.22. The first-order valence-electron chi connectivity index (χ1n) is 6.94. The van der Waals surface area contributed by atoms with E-state index >= 15 is 0 Å². The van der Waals surface area contributed by atoms with E-state index in [-0.39, 0.29) is 12.5 Å². The van der Waals surface area contributed by atoms with Crippen LogP contribution in [0.4, 0.5) is 0 Å². The highest BCUT2D eigenvalue weighted by atomic mass is 16.4. The second-order valence-corrected chi connectivity index (χ2v) is 5.30. The molecule has 102 valence electrons. The number of nitrogens with one attached hydrogen (secondary N) is 1. The fraction of sp³-hybridized carbons (Fsp3) is 0.846. The lowest BCUT2D eigenvalue weighted by Crippen LogP contribution is -2.51. The minimum Gasteiger partial charge on any atom is -0.480 e. The maximum absolute atomic E-state index is 12.1. The highest BCUT2D eigenvalue weighted by Crippen LogP contribution is 2.19. The van der Waals surface area contributed by atoms with Gasteiger partial charge >= 0.3 is 5.97 Å². The Hall–Kier alpha value is -1.10. The van der Waals surface area contributed by atoms with Crippen LogP contribution in [0, 0.1) is 0 Å². The minimum atomic E-state index is -0.871. The Bertz CT molecular complexity index is 313. The Balaban J connectivity index is 1.83. The molecule has 2 aliphatic rings. The molecular weight excluding hydrogens is 232 g/mol. The lowest BCUT2D eigenvalue weighted by Gasteiger charge is -2.33. The van der Waals surface area contributed by atoms with Gasteiger partial charge in [-0.1, -0.05) is 12.8 Å². The van der Waals surface area contributed by atoms with E-state index in [1.165, 1.54) is 17.7 Å². The van der Waals surface area contributed by atoms with Gasteiger partial charge in [0.1, 0.15) is 6.04 Å². The number of hydrogen-bond acceptors (Lipinski definition) is 3. The second-order valence-electron chi connectivity index (χ2n) is 5.30. The van der Waals surface area contributed by atoms with Crippen LogP contribution in [0.1, 0.15) is 44.9 Å². The summed E-state index contributed by atoms with van der Waals surface area (Å²) in [5.74, 6) is -0.932. The summed E-state index contributed by atoms with van der Waals surface area (Å²) >= 11 is 0. The van der Waals surface area contributed by atoms with Gasteiger partial charge in [-0.25, -0.2) is 4.79 Å². The average Bonchev–Trinajstić information content (AvgIpc) is 2.89. The SMILES string of the molecule is O=C(O)[C@@H]1CCCCN1C(=O)CNC1CCCC1. The van der Waals surface area contributed by atoms with E-state index in [4.69, 9.17) is 5.11 Å². The first kappa shape index (κ1) is 13.3. The van der Waals surface area contributed by atoms with Crippen LogP contribution in [0.15, 0.2) is 0 Å². The molecule has 1 aliphatic carbocycles. The molecule has 0 spiro atoms. The topological polar surface area (TPSA) is 69.6 Å². The van der Waals surface area contributed by atoms with Crippen molar-refractivity contribution < 1.29 is 14.7 Å². The molecule has 0 aromatic carbocycles. The molecule has 1 heterocycles. The number of carboxylic acid groups (broad SMARTS) is 1. The number of aliphatic carboxylic acids is 1. The van der Waals surface area contributed by atoms with Crippen molar-refractivity contribution in [1.29, 1.82) is 0 Å². The quantitative estimate of drug-likeness (QED) is 0.785. The van der Waals surface area contributed by atoms with E-state index in [0.717, 1.165) is 25.7 Å². The lowest BCUT2D eigenvalue weighted by molar-refractivity contribution is -0.151. The number of carbonyl (C=O) groups excluding carboxylic acids is 1. The van der Waals surface area contributed by atoms with Gasteiger partial charge in [-0.3, -0.25) is 4.79 Å². The molecule has 1 saturated carbocycles. The molecule has 0 radical (unpaired) electrons. The number of nitrogens with zero attached hydrogens (tertiary/aromatic N) is 1. The first-order valence-corrected chi connectivity index (χ1v) is 6.94. The third-order valence-electron chi connectivity index (χ3n) is 4.01. The van der Waals surface area contributed by atoms with Crippen molar-refractivity contribution >= 4 is 11.9 Å². The van der Waals surface area contributed by atoms with E-state index in [9.17, 15) is 9.59 Å². The van der Waals surface area contributed by atoms with Gasteiger partial charge in [-0.2, -0.15) is 0 Å². The Labute approximate surface area is 108 Å². The number of likely N-dealkylation sites (tertiary alicyclic amines) is 1. The van der Waals surface area contributed by atoms with Gasteiger partial charge in [0, 0.05) is 12.6 Å². The minimum absolute atomic E-state index is 0.0611. The molecule has 1 amide bonds. The van der Waals surface area contributed by atoms with Gasteiger partial charge in [0.15, 0.2) is 0 Å². The summed E-state index contributed by atoms with van der Waals surface area (Å²) in [5, 5.41) is 12.4. The Morgan fingerprint density at radius 3 is 2.44 bits per heavy atom. The predicted octanol–water partition coefficient (Wildman–Crippen LogP) is 0.984. The molecule has 0 aromatic heterocycles. The molecule has 18 heavy (non-hydrogen) atoms. The summed E-state index contributed by atoms with van der Waals surface area (Å²) in [4.78, 5) is 24.7. The van der Waals surface area contributed by atoms with Crippen molar-refractivity contribution in [2.75, 3.05) is 13.1 Å². The van der Waals surface area contributed by atoms with Crippen LogP contribution >= 0.6 is 0 Å². The monoisotopic (exact) mass is 254 g/mol. The van der Waals surface area contributed by atoms with Crippen molar-refractivity contribution in [3.05, 3.63) is 0 Å². The van der Waals surface area contributed by atoms with Gasteiger partial charge in [0.2, 0.25) is 5.91 Å². The summed E-state index contributed by atoms with van der Waals surface area (Å²) in [6.45, 7) is 0.872. The maximum atomic E-state index is 12.1. The molecule has 5 nitrogen and oxygen atoms in total. The van der Waals surface area contributed by atoms with Crippen molar-refractivity contribution in [1.82, 2.24) is 10.2 Å². The fourth-order valence-corrected chi connectivity index (χ4v) is 2.95. The molecule has 0 bridgehead atoms. The molecule has 2 fully saturated rings. The van der Waals surface area contributed by atoms with E-state index in [1.54, 1.807) is 0 Å². The molecule has 1 aliphatic heterocycles. The van der Waals surface area contributed by atoms with Crippen LogP contribution in [0.2, 0.25) is 0 Å². The Morgan fingerprint density at radius 2 is 1.78 bits per heavy atom. The van der Waals surface area contributed by atoms with E-state index < -0.39 is 12.0 Å². The summed E-state index contributed by atoms with van der Waals surface area (Å²) in [7, 11) is 0. The average molecular weight is 254 g/mol. The van der Waals surface area contributed by atoms with Crippen molar-refractivity contribution in [3.63, 3.8) is 0 Å². The maximum Gasteiger partial charge on any atom is 0.326 e. The van der Waals surface area contributed by atoms with Crippen molar-refractivity contribution in [2.24, 2.45) is 0 Å². The van der Waals surface area contributed by atoms with E-state index in [2.05, 4.69) is 5.32 Å². The fourth-order valence-electron chi connectivity index (χ4n) is 2.95. The van der Waals surface area contributed by atoms with Gasteiger partial charge in [0.05, 0.1) is 6.54 Å². The lowest BCUT2D eigenvalue weighted by atomic mass is 10.0. The third-order valence-corrected chi connectivity index (χ3v) is 4.01. The van der Waals surface area contributed by atoms with Crippen LogP contribution < -0.4 is 5.32 Å². The van der Waals surface area contributed by atoms with Gasteiger partial charge in [0.25, 0.3) is 0 Å². The van der Waals surface area contributed by atoms with Crippen molar-refractivity contribution in [2.45, 2.75) is 57.0 Å². The molecule has 1 atom stereocenters. The largest absolute Gasteiger partial charge is 0.480 e. The van der Waals surface area contributed by atoms with Crippen LogP contribution in [-0.4, -0.2) is 47.1 Å². The summed E-state index contributed by atoms with van der Waals surface area (Å²) in [5.41, 5.74) is 0. The Morgan fingerprint density at radius 1 is 1.11 bits per heavy atom. The number of carbonyl (C=O) groups is 2. The zero-order valence-electron chi connectivity index (χ0n) is 10.7. The molecule has 5 heteroatoms. The van der Waals surface area contributed by atoms with Crippen LogP contribution in [0.25, 0.3) is 0 Å². The van der Waals surface area contributed by atoms with Crippen molar-refractivity contribution in [3.8, 4) is 0 Å². The molecule has 0 aromatic rings. The Kier molecular flexibility index (Phi) is 4.58. The first-order chi connectivity index (χ1) is 8.68. The van der Waals surface area contributed by atoms with Crippen LogP contribution in [0.5, 0.6) is 0 Å². The van der Waals surface area contributed by atoms with E-state index in [0.29, 0.717) is 19.0 Å². The molecular formula is C13H22N2O3. The zero-order valence-corrected chi connectivity index (χ0v) is 10.7. The smallest absolute Gasteiger partial charge is 0.326 e. The highest BCUT2D eigenvalue weighted by Gasteiger charge is 2.31. The number of rotatable bonds is 4. The number of amides is 1. The van der Waals surface area contributed by atoms with E-state index in [1.807, 2.05) is 0 Å². The van der Waals surface area contributed by atoms with Crippen LogP contribution in [0.3, 0.4) is 0 Å². The van der Waals surface area contributed by atoms with Gasteiger partial charge in [-0.05, 0) is 32.1 Å². The summed E-state index contributed by atoms with van der Waals surface area (Å²) in [6.07, 6.45) is 7.13. The predicted molar refractivity (Wildman–Crippen MR) is 67.2 cm³/mol. The standard InChI is InChI=1S/C13H22N2O3/c16-12(9-14-10-5-1-2-6-10)15-8-4-3-7-11(15)13(17)18/h10-11,14H,1-9H2,(H,17,18)/t11-/m0/s1. The normalized spacial score (nSPS) is 25.3. The molecule has 1 saturated heterocycles. The second kappa shape index (κ2) is 6.18. The van der Waals surface area contributed by atoms with Gasteiger partial charge < -0.3 is 15.3 Å². The van der Waals surface area contributed by atoms with Crippen LogP contribution in [-0.2, 0) is 9.59 Å². The summed E-state index contributed by atoms with van der Waals surface area (Å²) in [6, 6.07) is -0.168. The molecule has 2 rings (SSSR count). The van der Waals surface area contributed by atoms with Gasteiger partial charge in [-0.15, -0.1) is 0 Å². The zero-order chi connectivity index (χ0) is 13.0. The number of hydrogen-bond donors (Lipinski definition) is 2. The molecule has 2 N–H and O–H groups in total. The number of piperidine rings is 1. The summed E-state index contributed by atoms with van der Waals surface area (Å²) < 4.78 is 0. The highest BCUT2D eigenvalue weighted by molar-refractivity contribution is 5.85.